The standard InChI is InChI=1S/C9H7ClF2N2O/c10-7-6(2-1-3-13-7)8(15)14-4-9(11,12)5-14/h1-3H,4-5H2. The molecular weight excluding hydrogens is 226 g/mol. The number of pyridine rings is 1. The van der Waals surface area contributed by atoms with Crippen LogP contribution in [0.5, 0.6) is 0 Å². The minimum absolute atomic E-state index is 0.0396. The van der Waals surface area contributed by atoms with Crippen molar-refractivity contribution >= 4 is 17.5 Å². The lowest BCUT2D eigenvalue weighted by molar-refractivity contribution is -0.113. The number of carbonyl (C=O) groups excluding carboxylic acids is 1. The van der Waals surface area contributed by atoms with Gasteiger partial charge in [-0.25, -0.2) is 13.8 Å². The third-order valence-electron chi connectivity index (χ3n) is 2.12. The molecule has 6 heteroatoms. The maximum absolute atomic E-state index is 12.5. The van der Waals surface area contributed by atoms with Crippen molar-refractivity contribution in [3.8, 4) is 0 Å². The number of hydrogen-bond acceptors (Lipinski definition) is 2. The summed E-state index contributed by atoms with van der Waals surface area (Å²) < 4.78 is 25.0. The third-order valence-corrected chi connectivity index (χ3v) is 2.42. The van der Waals surface area contributed by atoms with Gasteiger partial charge in [-0.3, -0.25) is 4.79 Å². The van der Waals surface area contributed by atoms with Crippen LogP contribution in [0.2, 0.25) is 5.15 Å². The normalized spacial score (nSPS) is 18.5. The molecule has 0 aromatic carbocycles. The molecule has 0 N–H and O–H groups in total. The molecule has 1 amide bonds. The Morgan fingerprint density at radius 3 is 2.73 bits per heavy atom. The van der Waals surface area contributed by atoms with Crippen LogP contribution in [0.1, 0.15) is 10.4 Å². The minimum atomic E-state index is -2.76. The van der Waals surface area contributed by atoms with Crippen molar-refractivity contribution in [2.45, 2.75) is 5.92 Å². The molecule has 1 aliphatic rings. The number of nitrogens with zero attached hydrogens (tertiary/aromatic N) is 2. The molecule has 0 atom stereocenters. The second kappa shape index (κ2) is 3.41. The van der Waals surface area contributed by atoms with Crippen LogP contribution in [0.25, 0.3) is 0 Å². The number of likely N-dealkylation sites (tertiary alicyclic amines) is 1. The van der Waals surface area contributed by atoms with Crippen LogP contribution in [-0.4, -0.2) is 34.8 Å². The van der Waals surface area contributed by atoms with Gasteiger partial charge in [0.15, 0.2) is 0 Å². The highest BCUT2D eigenvalue weighted by atomic mass is 35.5. The smallest absolute Gasteiger partial charge is 0.282 e. The molecule has 0 bridgehead atoms. The van der Waals surface area contributed by atoms with Crippen LogP contribution in [0.3, 0.4) is 0 Å². The minimum Gasteiger partial charge on any atom is -0.326 e. The van der Waals surface area contributed by atoms with Gasteiger partial charge in [-0.15, -0.1) is 0 Å². The van der Waals surface area contributed by atoms with Crippen LogP contribution in [-0.2, 0) is 0 Å². The SMILES string of the molecule is O=C(c1cccnc1Cl)N1CC(F)(F)C1. The van der Waals surface area contributed by atoms with Crippen molar-refractivity contribution in [2.24, 2.45) is 0 Å². The average Bonchev–Trinajstić information content (AvgIpc) is 2.14. The van der Waals surface area contributed by atoms with Gasteiger partial charge in [0.1, 0.15) is 5.15 Å². The zero-order valence-electron chi connectivity index (χ0n) is 7.58. The summed E-state index contributed by atoms with van der Waals surface area (Å²) in [6.45, 7) is -1.09. The highest BCUT2D eigenvalue weighted by Crippen LogP contribution is 2.28. The first kappa shape index (κ1) is 10.3. The van der Waals surface area contributed by atoms with E-state index < -0.39 is 24.9 Å². The largest absolute Gasteiger partial charge is 0.326 e. The van der Waals surface area contributed by atoms with E-state index in [2.05, 4.69) is 4.98 Å². The summed E-state index contributed by atoms with van der Waals surface area (Å²) in [5.41, 5.74) is 0.162. The van der Waals surface area contributed by atoms with Gasteiger partial charge in [-0.05, 0) is 12.1 Å². The number of carbonyl (C=O) groups is 1. The van der Waals surface area contributed by atoms with Crippen LogP contribution in [0.15, 0.2) is 18.3 Å². The summed E-state index contributed by atoms with van der Waals surface area (Å²) in [4.78, 5) is 16.4. The first-order chi connectivity index (χ1) is 6.99. The molecule has 0 saturated carbocycles. The second-order valence-corrected chi connectivity index (χ2v) is 3.72. The predicted molar refractivity (Wildman–Crippen MR) is 50.1 cm³/mol. The second-order valence-electron chi connectivity index (χ2n) is 3.36. The van der Waals surface area contributed by atoms with Crippen molar-refractivity contribution in [3.05, 3.63) is 29.0 Å². The van der Waals surface area contributed by atoms with Crippen LogP contribution in [0.4, 0.5) is 8.78 Å². The summed E-state index contributed by atoms with van der Waals surface area (Å²) in [6, 6.07) is 3.01. The molecule has 1 saturated heterocycles. The Labute approximate surface area is 89.7 Å². The summed E-state index contributed by atoms with van der Waals surface area (Å²) in [7, 11) is 0. The van der Waals surface area contributed by atoms with Crippen molar-refractivity contribution in [1.82, 2.24) is 9.88 Å². The molecule has 1 aromatic heterocycles. The fourth-order valence-electron chi connectivity index (χ4n) is 1.37. The number of hydrogen-bond donors (Lipinski definition) is 0. The van der Waals surface area contributed by atoms with Crippen molar-refractivity contribution in [2.75, 3.05) is 13.1 Å². The Morgan fingerprint density at radius 2 is 2.20 bits per heavy atom. The van der Waals surface area contributed by atoms with E-state index in [0.29, 0.717) is 0 Å². The van der Waals surface area contributed by atoms with E-state index in [0.717, 1.165) is 4.90 Å². The van der Waals surface area contributed by atoms with E-state index in [1.807, 2.05) is 0 Å². The monoisotopic (exact) mass is 232 g/mol. The quantitative estimate of drug-likeness (QED) is 0.692. The molecule has 0 radical (unpaired) electrons. The number of aromatic nitrogens is 1. The summed E-state index contributed by atoms with van der Waals surface area (Å²) in [6.07, 6.45) is 1.43. The maximum Gasteiger partial charge on any atom is 0.282 e. The number of rotatable bonds is 1. The van der Waals surface area contributed by atoms with Gasteiger partial charge in [0.2, 0.25) is 0 Å². The zero-order chi connectivity index (χ0) is 11.1. The lowest BCUT2D eigenvalue weighted by atomic mass is 10.1. The van der Waals surface area contributed by atoms with E-state index >= 15 is 0 Å². The Kier molecular flexibility index (Phi) is 2.34. The van der Waals surface area contributed by atoms with E-state index in [9.17, 15) is 13.6 Å². The molecule has 2 rings (SSSR count). The molecule has 1 aromatic rings. The molecule has 1 fully saturated rings. The lowest BCUT2D eigenvalue weighted by Crippen LogP contribution is -2.58. The Bertz CT molecular complexity index is 403. The number of alkyl halides is 2. The Hall–Kier alpha value is -1.23. The molecule has 0 unspecified atom stereocenters. The first-order valence-corrected chi connectivity index (χ1v) is 4.65. The molecule has 0 aliphatic carbocycles. The van der Waals surface area contributed by atoms with E-state index in [4.69, 9.17) is 11.6 Å². The van der Waals surface area contributed by atoms with Gasteiger partial charge in [-0.1, -0.05) is 11.6 Å². The molecule has 15 heavy (non-hydrogen) atoms. The average molecular weight is 233 g/mol. The van der Waals surface area contributed by atoms with Crippen LogP contribution >= 0.6 is 11.6 Å². The van der Waals surface area contributed by atoms with Crippen molar-refractivity contribution in [3.63, 3.8) is 0 Å². The molecular formula is C9H7ClF2N2O. The van der Waals surface area contributed by atoms with Gasteiger partial charge in [0, 0.05) is 6.20 Å². The molecule has 2 heterocycles. The van der Waals surface area contributed by atoms with Crippen LogP contribution in [0, 0.1) is 0 Å². The van der Waals surface area contributed by atoms with Crippen LogP contribution < -0.4 is 0 Å². The topological polar surface area (TPSA) is 33.2 Å². The van der Waals surface area contributed by atoms with Gasteiger partial charge in [-0.2, -0.15) is 0 Å². The van der Waals surface area contributed by atoms with Gasteiger partial charge >= 0.3 is 0 Å². The Morgan fingerprint density at radius 1 is 1.53 bits per heavy atom. The molecule has 1 aliphatic heterocycles. The molecule has 0 spiro atoms. The van der Waals surface area contributed by atoms with Gasteiger partial charge in [0.25, 0.3) is 11.8 Å². The number of halogens is 3. The van der Waals surface area contributed by atoms with E-state index in [1.165, 1.54) is 18.3 Å². The van der Waals surface area contributed by atoms with Gasteiger partial charge < -0.3 is 4.90 Å². The molecule has 3 nitrogen and oxygen atoms in total. The number of amides is 1. The van der Waals surface area contributed by atoms with E-state index in [1.54, 1.807) is 0 Å². The fourth-order valence-corrected chi connectivity index (χ4v) is 1.57. The first-order valence-electron chi connectivity index (χ1n) is 4.27. The van der Waals surface area contributed by atoms with Gasteiger partial charge in [0.05, 0.1) is 18.7 Å². The summed E-state index contributed by atoms with van der Waals surface area (Å²) in [5, 5.41) is 0.0396. The lowest BCUT2D eigenvalue weighted by Gasteiger charge is -2.38. The van der Waals surface area contributed by atoms with Crippen molar-refractivity contribution in [1.29, 1.82) is 0 Å². The highest BCUT2D eigenvalue weighted by Gasteiger charge is 2.46. The Balaban J connectivity index is 2.14. The summed E-state index contributed by atoms with van der Waals surface area (Å²) >= 11 is 5.67. The fraction of sp³-hybridized carbons (Fsp3) is 0.333. The third kappa shape index (κ3) is 1.92. The summed E-state index contributed by atoms with van der Waals surface area (Å²) in [5.74, 6) is -3.26. The zero-order valence-corrected chi connectivity index (χ0v) is 8.34. The van der Waals surface area contributed by atoms with E-state index in [-0.39, 0.29) is 10.7 Å². The maximum atomic E-state index is 12.5. The highest BCUT2D eigenvalue weighted by molar-refractivity contribution is 6.32. The predicted octanol–water partition coefficient (Wildman–Crippen LogP) is 1.83. The molecule has 80 valence electrons. The van der Waals surface area contributed by atoms with Crippen molar-refractivity contribution < 1.29 is 13.6 Å².